The molecule has 0 aliphatic heterocycles. The number of benzene rings is 3. The third kappa shape index (κ3) is 3.05. The summed E-state index contributed by atoms with van der Waals surface area (Å²) in [6.45, 7) is 1.74. The fourth-order valence-corrected chi connectivity index (χ4v) is 2.40. The van der Waals surface area contributed by atoms with Crippen LogP contribution in [0.15, 0.2) is 65.8 Å². The van der Waals surface area contributed by atoms with E-state index in [4.69, 9.17) is 0 Å². The monoisotopic (exact) mass is 320 g/mol. The number of nitrogens with one attached hydrogen (secondary N) is 1. The number of rotatable bonds is 3. The first kappa shape index (κ1) is 15.6. The number of fused-ring (bicyclic) bond motifs is 1. The standard InChI is InChI=1S/C19H16N2O3/c1-12(13-6-9-15(22)10-7-13)20-21-19(24)17-11-8-14-4-2-3-5-16(14)18(17)23/h2-11,22-23H,1H3,(H,21,24)/b20-12+. The van der Waals surface area contributed by atoms with E-state index in [2.05, 4.69) is 10.5 Å². The van der Waals surface area contributed by atoms with Crippen LogP contribution in [0.5, 0.6) is 11.5 Å². The maximum absolute atomic E-state index is 12.3. The number of hydrogen-bond acceptors (Lipinski definition) is 4. The molecule has 0 bridgehead atoms. The predicted octanol–water partition coefficient (Wildman–Crippen LogP) is 3.41. The maximum atomic E-state index is 12.3. The Bertz CT molecular complexity index is 931. The van der Waals surface area contributed by atoms with Gasteiger partial charge in [0.1, 0.15) is 11.5 Å². The molecule has 0 saturated carbocycles. The Morgan fingerprint density at radius 1 is 0.958 bits per heavy atom. The fraction of sp³-hybridized carbons (Fsp3) is 0.0526. The van der Waals surface area contributed by atoms with Crippen LogP contribution in [0.3, 0.4) is 0 Å². The lowest BCUT2D eigenvalue weighted by atomic mass is 10.1. The Kier molecular flexibility index (Phi) is 4.16. The molecule has 0 spiro atoms. The zero-order chi connectivity index (χ0) is 17.1. The van der Waals surface area contributed by atoms with E-state index in [1.165, 1.54) is 0 Å². The van der Waals surface area contributed by atoms with Gasteiger partial charge in [-0.15, -0.1) is 0 Å². The molecule has 3 rings (SSSR count). The van der Waals surface area contributed by atoms with Crippen LogP contribution in [-0.2, 0) is 0 Å². The summed E-state index contributed by atoms with van der Waals surface area (Å²) in [5.41, 5.74) is 3.97. The molecule has 0 aliphatic rings. The Hall–Kier alpha value is -3.34. The first-order chi connectivity index (χ1) is 11.6. The van der Waals surface area contributed by atoms with E-state index in [1.807, 2.05) is 12.1 Å². The molecule has 1 amide bonds. The summed E-state index contributed by atoms with van der Waals surface area (Å²) < 4.78 is 0. The molecule has 0 saturated heterocycles. The first-order valence-electron chi connectivity index (χ1n) is 7.41. The summed E-state index contributed by atoms with van der Waals surface area (Å²) in [5.74, 6) is -0.392. The zero-order valence-corrected chi connectivity index (χ0v) is 13.0. The van der Waals surface area contributed by atoms with Crippen molar-refractivity contribution in [1.82, 2.24) is 5.43 Å². The largest absolute Gasteiger partial charge is 0.508 e. The molecule has 120 valence electrons. The second-order valence-electron chi connectivity index (χ2n) is 5.37. The number of phenols is 2. The molecule has 3 aromatic rings. The van der Waals surface area contributed by atoms with E-state index < -0.39 is 5.91 Å². The van der Waals surface area contributed by atoms with Crippen LogP contribution < -0.4 is 5.43 Å². The number of aromatic hydroxyl groups is 2. The normalized spacial score (nSPS) is 11.5. The predicted molar refractivity (Wildman–Crippen MR) is 93.4 cm³/mol. The van der Waals surface area contributed by atoms with Gasteiger partial charge in [-0.3, -0.25) is 4.79 Å². The zero-order valence-electron chi connectivity index (χ0n) is 13.0. The highest BCUT2D eigenvalue weighted by Gasteiger charge is 2.13. The lowest BCUT2D eigenvalue weighted by molar-refractivity contribution is 0.0952. The van der Waals surface area contributed by atoms with Gasteiger partial charge in [0.05, 0.1) is 11.3 Å². The lowest BCUT2D eigenvalue weighted by Gasteiger charge is -2.07. The van der Waals surface area contributed by atoms with Gasteiger partial charge >= 0.3 is 0 Å². The number of hydrogen-bond donors (Lipinski definition) is 3. The average molecular weight is 320 g/mol. The number of amides is 1. The fourth-order valence-electron chi connectivity index (χ4n) is 2.40. The third-order valence-corrected chi connectivity index (χ3v) is 3.76. The van der Waals surface area contributed by atoms with Crippen molar-refractivity contribution in [1.29, 1.82) is 0 Å². The summed E-state index contributed by atoms with van der Waals surface area (Å²) >= 11 is 0. The highest BCUT2D eigenvalue weighted by molar-refractivity contribution is 6.05. The summed E-state index contributed by atoms with van der Waals surface area (Å²) in [7, 11) is 0. The number of nitrogens with zero attached hydrogens (tertiary/aromatic N) is 1. The van der Waals surface area contributed by atoms with Crippen molar-refractivity contribution in [3.8, 4) is 11.5 Å². The second kappa shape index (κ2) is 6.42. The molecular formula is C19H16N2O3. The highest BCUT2D eigenvalue weighted by Crippen LogP contribution is 2.28. The Balaban J connectivity index is 1.83. The second-order valence-corrected chi connectivity index (χ2v) is 5.37. The molecule has 0 atom stereocenters. The molecule has 5 nitrogen and oxygen atoms in total. The van der Waals surface area contributed by atoms with Crippen LogP contribution in [0.1, 0.15) is 22.8 Å². The van der Waals surface area contributed by atoms with Crippen LogP contribution in [0, 0.1) is 0 Å². The van der Waals surface area contributed by atoms with Crippen LogP contribution >= 0.6 is 0 Å². The number of carbonyl (C=O) groups excluding carboxylic acids is 1. The summed E-state index contributed by atoms with van der Waals surface area (Å²) in [6.07, 6.45) is 0. The molecule has 0 aliphatic carbocycles. The third-order valence-electron chi connectivity index (χ3n) is 3.76. The van der Waals surface area contributed by atoms with Gasteiger partial charge in [-0.25, -0.2) is 5.43 Å². The molecule has 0 fully saturated rings. The summed E-state index contributed by atoms with van der Waals surface area (Å²) in [6, 6.07) is 17.1. The van der Waals surface area contributed by atoms with Gasteiger partial charge in [0.2, 0.25) is 0 Å². The Morgan fingerprint density at radius 3 is 2.42 bits per heavy atom. The van der Waals surface area contributed by atoms with E-state index in [1.54, 1.807) is 55.5 Å². The number of hydrazone groups is 1. The molecule has 0 aromatic heterocycles. The van der Waals surface area contributed by atoms with Gasteiger partial charge in [-0.1, -0.05) is 30.3 Å². The highest BCUT2D eigenvalue weighted by atomic mass is 16.3. The van der Waals surface area contributed by atoms with E-state index >= 15 is 0 Å². The first-order valence-corrected chi connectivity index (χ1v) is 7.41. The minimum Gasteiger partial charge on any atom is -0.508 e. The SMILES string of the molecule is C/C(=N\NC(=O)c1ccc2ccccc2c1O)c1ccc(O)cc1. The molecule has 3 aromatic carbocycles. The van der Waals surface area contributed by atoms with E-state index in [0.29, 0.717) is 11.1 Å². The Morgan fingerprint density at radius 2 is 1.67 bits per heavy atom. The average Bonchev–Trinajstić information content (AvgIpc) is 2.60. The minimum atomic E-state index is -0.489. The van der Waals surface area contributed by atoms with Crippen molar-refractivity contribution < 1.29 is 15.0 Å². The summed E-state index contributed by atoms with van der Waals surface area (Å²) in [4.78, 5) is 12.3. The molecule has 0 heterocycles. The van der Waals surface area contributed by atoms with E-state index in [0.717, 1.165) is 10.9 Å². The number of carbonyl (C=O) groups is 1. The van der Waals surface area contributed by atoms with Crippen molar-refractivity contribution in [2.45, 2.75) is 6.92 Å². The van der Waals surface area contributed by atoms with Gasteiger partial charge in [0, 0.05) is 5.39 Å². The van der Waals surface area contributed by atoms with Crippen LogP contribution in [-0.4, -0.2) is 21.8 Å². The van der Waals surface area contributed by atoms with Gasteiger partial charge < -0.3 is 10.2 Å². The van der Waals surface area contributed by atoms with Crippen LogP contribution in [0.25, 0.3) is 10.8 Å². The van der Waals surface area contributed by atoms with Crippen molar-refractivity contribution >= 4 is 22.4 Å². The molecule has 24 heavy (non-hydrogen) atoms. The van der Waals surface area contributed by atoms with Gasteiger partial charge in [0.15, 0.2) is 0 Å². The topological polar surface area (TPSA) is 81.9 Å². The molecular weight excluding hydrogens is 304 g/mol. The van der Waals surface area contributed by atoms with Gasteiger partial charge in [-0.2, -0.15) is 5.10 Å². The van der Waals surface area contributed by atoms with Crippen molar-refractivity contribution in [2.75, 3.05) is 0 Å². The molecule has 0 radical (unpaired) electrons. The maximum Gasteiger partial charge on any atom is 0.275 e. The molecule has 0 unspecified atom stereocenters. The molecule has 3 N–H and O–H groups in total. The van der Waals surface area contributed by atoms with Gasteiger partial charge in [-0.05, 0) is 48.2 Å². The lowest BCUT2D eigenvalue weighted by Crippen LogP contribution is -2.19. The van der Waals surface area contributed by atoms with Crippen molar-refractivity contribution in [3.05, 3.63) is 71.8 Å². The van der Waals surface area contributed by atoms with Crippen molar-refractivity contribution in [3.63, 3.8) is 0 Å². The van der Waals surface area contributed by atoms with Crippen LogP contribution in [0.4, 0.5) is 0 Å². The van der Waals surface area contributed by atoms with Gasteiger partial charge in [0.25, 0.3) is 5.91 Å². The minimum absolute atomic E-state index is 0.0666. The number of phenolic OH excluding ortho intramolecular Hbond substituents is 2. The quantitative estimate of drug-likeness (QED) is 0.511. The molecule has 5 heteroatoms. The van der Waals surface area contributed by atoms with E-state index in [9.17, 15) is 15.0 Å². The Labute approximate surface area is 138 Å². The van der Waals surface area contributed by atoms with Crippen LogP contribution in [0.2, 0.25) is 0 Å². The van der Waals surface area contributed by atoms with Crippen molar-refractivity contribution in [2.24, 2.45) is 5.10 Å². The van der Waals surface area contributed by atoms with E-state index in [-0.39, 0.29) is 17.1 Å². The smallest absolute Gasteiger partial charge is 0.275 e. The summed E-state index contributed by atoms with van der Waals surface area (Å²) in [5, 5.41) is 25.1.